The average Bonchev–Trinajstić information content (AvgIpc) is 2.66. The van der Waals surface area contributed by atoms with E-state index < -0.39 is 5.97 Å². The second kappa shape index (κ2) is 7.25. The monoisotopic (exact) mass is 365 g/mol. The van der Waals surface area contributed by atoms with E-state index in [1.165, 1.54) is 0 Å². The number of fused-ring (bicyclic) bond motifs is 1. The van der Waals surface area contributed by atoms with Gasteiger partial charge in [-0.3, -0.25) is 5.32 Å². The highest BCUT2D eigenvalue weighted by Crippen LogP contribution is 2.33. The Kier molecular flexibility index (Phi) is 4.86. The van der Waals surface area contributed by atoms with Crippen molar-refractivity contribution >= 4 is 29.2 Å². The number of carboxylic acid groups (broad SMARTS) is 1. The minimum Gasteiger partial charge on any atom is -0.478 e. The van der Waals surface area contributed by atoms with E-state index in [-0.39, 0.29) is 11.5 Å². The maximum Gasteiger partial charge on any atom is 0.346 e. The van der Waals surface area contributed by atoms with Crippen LogP contribution in [0, 0.1) is 12.3 Å². The number of hydrogen-bond donors (Lipinski definition) is 5. The zero-order valence-corrected chi connectivity index (χ0v) is 14.9. The summed E-state index contributed by atoms with van der Waals surface area (Å²) < 4.78 is 1.70. The molecule has 27 heavy (non-hydrogen) atoms. The van der Waals surface area contributed by atoms with Crippen LogP contribution < -0.4 is 26.7 Å². The first-order chi connectivity index (χ1) is 12.9. The number of nitrogen functional groups attached to an aromatic ring is 2. The minimum atomic E-state index is -0.956. The zero-order valence-electron chi connectivity index (χ0n) is 14.9. The molecule has 8 heteroatoms. The van der Waals surface area contributed by atoms with E-state index in [2.05, 4.69) is 21.5 Å². The van der Waals surface area contributed by atoms with Gasteiger partial charge in [0.25, 0.3) is 0 Å². The number of aromatic nitrogens is 2. The van der Waals surface area contributed by atoms with Crippen LogP contribution in [0.25, 0.3) is 0 Å². The first kappa shape index (κ1) is 18.1. The summed E-state index contributed by atoms with van der Waals surface area (Å²) in [4.78, 5) is 15.2. The van der Waals surface area contributed by atoms with Gasteiger partial charge in [0.2, 0.25) is 11.6 Å². The number of carbonyl (C=O) groups is 1. The zero-order chi connectivity index (χ0) is 19.6. The second-order valence-corrected chi connectivity index (χ2v) is 6.31. The van der Waals surface area contributed by atoms with Crippen molar-refractivity contribution in [2.24, 2.45) is 7.05 Å². The number of aromatic carboxylic acids is 1. The second-order valence-electron chi connectivity index (χ2n) is 6.31. The Morgan fingerprint density at radius 3 is 2.70 bits per heavy atom. The van der Waals surface area contributed by atoms with Crippen LogP contribution in [0.3, 0.4) is 0 Å². The number of benzene rings is 1. The van der Waals surface area contributed by atoms with Gasteiger partial charge in [0.1, 0.15) is 0 Å². The van der Waals surface area contributed by atoms with Crippen LogP contribution in [0.2, 0.25) is 0 Å². The number of allylic oxidation sites excluding steroid dienone is 1. The molecule has 0 amide bonds. The van der Waals surface area contributed by atoms with Gasteiger partial charge >= 0.3 is 11.9 Å². The highest BCUT2D eigenvalue weighted by molar-refractivity contribution is 5.87. The fraction of sp³-hybridized carbons (Fsp3) is 0.211. The van der Waals surface area contributed by atoms with Crippen LogP contribution in [-0.4, -0.2) is 16.1 Å². The average molecular weight is 365 g/mol. The summed E-state index contributed by atoms with van der Waals surface area (Å²) in [6, 6.07) is 6.77. The Balaban J connectivity index is 1.83. The molecule has 0 radical (unpaired) electrons. The Labute approximate surface area is 156 Å². The Bertz CT molecular complexity index is 960. The summed E-state index contributed by atoms with van der Waals surface area (Å²) in [5.74, 6) is 3.10. The number of terminal acetylenes is 1. The highest BCUT2D eigenvalue weighted by Gasteiger charge is 2.25. The van der Waals surface area contributed by atoms with Gasteiger partial charge in [-0.05, 0) is 24.1 Å². The molecule has 0 bridgehead atoms. The molecule has 1 aliphatic rings. The van der Waals surface area contributed by atoms with Gasteiger partial charge < -0.3 is 21.9 Å². The van der Waals surface area contributed by atoms with Gasteiger partial charge in [-0.25, -0.2) is 9.36 Å². The summed E-state index contributed by atoms with van der Waals surface area (Å²) in [5, 5.41) is 15.5. The summed E-state index contributed by atoms with van der Waals surface area (Å²) in [6.45, 7) is 0. The molecule has 8 nitrogen and oxygen atoms in total. The molecule has 1 aromatic carbocycles. The van der Waals surface area contributed by atoms with E-state index in [4.69, 9.17) is 23.0 Å². The van der Waals surface area contributed by atoms with E-state index in [0.29, 0.717) is 30.3 Å². The van der Waals surface area contributed by atoms with Crippen molar-refractivity contribution in [2.75, 3.05) is 22.1 Å². The Morgan fingerprint density at radius 1 is 1.37 bits per heavy atom. The lowest BCUT2D eigenvalue weighted by atomic mass is 9.90. The molecular weight excluding hydrogens is 344 g/mol. The van der Waals surface area contributed by atoms with E-state index in [1.807, 2.05) is 6.20 Å². The molecule has 2 aromatic rings. The lowest BCUT2D eigenvalue weighted by Gasteiger charge is -2.23. The normalized spacial score (nSPS) is 13.4. The standard InChI is InChI=1S/C19H20N6O2/c1-3-4-13(11-5-7-12(8-6-11)18(26)27)9-14-10-22-17-15(23-14)16(20)24-19(21)25(17)2/h1,5-8,10,13,23H,4,9H2,2H3,(H5,20,21,22,24,26,27)/p+1. The molecule has 1 unspecified atom stereocenters. The molecule has 1 atom stereocenters. The van der Waals surface area contributed by atoms with Crippen molar-refractivity contribution in [1.29, 1.82) is 0 Å². The van der Waals surface area contributed by atoms with Gasteiger partial charge in [-0.1, -0.05) is 17.1 Å². The number of nitrogens with two attached hydrogens (primary N) is 2. The first-order valence-electron chi connectivity index (χ1n) is 8.35. The van der Waals surface area contributed by atoms with Crippen LogP contribution in [0.15, 0.2) is 36.2 Å². The lowest BCUT2D eigenvalue weighted by molar-refractivity contribution is -0.644. The Hall–Kier alpha value is -3.73. The summed E-state index contributed by atoms with van der Waals surface area (Å²) >= 11 is 0. The highest BCUT2D eigenvalue weighted by atomic mass is 16.4. The maximum absolute atomic E-state index is 11.0. The van der Waals surface area contributed by atoms with Crippen LogP contribution in [-0.2, 0) is 7.05 Å². The molecule has 0 spiro atoms. The predicted molar refractivity (Wildman–Crippen MR) is 104 cm³/mol. The summed E-state index contributed by atoms with van der Waals surface area (Å²) in [7, 11) is 1.79. The smallest absolute Gasteiger partial charge is 0.346 e. The van der Waals surface area contributed by atoms with E-state index in [1.54, 1.807) is 35.9 Å². The molecule has 0 aliphatic carbocycles. The molecule has 0 fully saturated rings. The molecule has 2 heterocycles. The van der Waals surface area contributed by atoms with Gasteiger partial charge in [-0.15, -0.1) is 12.3 Å². The van der Waals surface area contributed by atoms with Gasteiger partial charge in [0, 0.05) is 18.0 Å². The number of nitrogens with one attached hydrogen (secondary N) is 2. The van der Waals surface area contributed by atoms with Gasteiger partial charge in [0.15, 0.2) is 5.69 Å². The van der Waals surface area contributed by atoms with Crippen molar-refractivity contribution in [2.45, 2.75) is 18.8 Å². The number of hydrogen-bond acceptors (Lipinski definition) is 6. The third-order valence-corrected chi connectivity index (χ3v) is 4.54. The molecule has 3 rings (SSSR count). The van der Waals surface area contributed by atoms with Crippen molar-refractivity contribution < 1.29 is 14.5 Å². The number of nitrogens with zero attached hydrogens (tertiary/aromatic N) is 2. The first-order valence-corrected chi connectivity index (χ1v) is 8.35. The summed E-state index contributed by atoms with van der Waals surface area (Å²) in [5.41, 5.74) is 14.6. The fourth-order valence-electron chi connectivity index (χ4n) is 3.03. The fourth-order valence-corrected chi connectivity index (χ4v) is 3.03. The number of anilines is 4. The van der Waals surface area contributed by atoms with Crippen LogP contribution in [0.4, 0.5) is 23.3 Å². The number of rotatable bonds is 5. The van der Waals surface area contributed by atoms with Crippen LogP contribution >= 0.6 is 0 Å². The van der Waals surface area contributed by atoms with E-state index in [0.717, 1.165) is 17.1 Å². The SMILES string of the molecule is C#CCC(CC1=CNc2c(c(N)nc(N)[n+]2C)N1)c1ccc(C(=O)O)cc1. The molecule has 1 aromatic heterocycles. The summed E-state index contributed by atoms with van der Waals surface area (Å²) in [6.07, 6.45) is 8.52. The largest absolute Gasteiger partial charge is 0.478 e. The Morgan fingerprint density at radius 2 is 2.07 bits per heavy atom. The number of carboxylic acids is 1. The van der Waals surface area contributed by atoms with Crippen molar-refractivity contribution in [3.05, 3.63) is 47.3 Å². The van der Waals surface area contributed by atoms with Crippen molar-refractivity contribution in [3.8, 4) is 12.3 Å². The van der Waals surface area contributed by atoms with Crippen LogP contribution in [0.1, 0.15) is 34.7 Å². The van der Waals surface area contributed by atoms with E-state index in [9.17, 15) is 4.79 Å². The topological polar surface area (TPSA) is 130 Å². The third-order valence-electron chi connectivity index (χ3n) is 4.54. The van der Waals surface area contributed by atoms with Gasteiger partial charge in [-0.2, -0.15) is 0 Å². The van der Waals surface area contributed by atoms with Crippen LogP contribution in [0.5, 0.6) is 0 Å². The molecule has 1 aliphatic heterocycles. The van der Waals surface area contributed by atoms with E-state index >= 15 is 0 Å². The molecule has 138 valence electrons. The molecule has 0 saturated carbocycles. The lowest BCUT2D eigenvalue weighted by Crippen LogP contribution is -2.39. The quantitative estimate of drug-likeness (QED) is 0.402. The maximum atomic E-state index is 11.0. The minimum absolute atomic E-state index is 0.0247. The third kappa shape index (κ3) is 3.62. The molecular formula is C19H21N6O2+. The van der Waals surface area contributed by atoms with Crippen molar-refractivity contribution in [3.63, 3.8) is 0 Å². The van der Waals surface area contributed by atoms with Crippen molar-refractivity contribution in [1.82, 2.24) is 4.98 Å². The molecule has 0 saturated heterocycles. The molecule has 7 N–H and O–H groups in total. The predicted octanol–water partition coefficient (Wildman–Crippen LogP) is 1.64. The van der Waals surface area contributed by atoms with Gasteiger partial charge in [0.05, 0.1) is 18.8 Å².